The number of rotatable bonds is 26. The fourth-order valence-electron chi connectivity index (χ4n) is 12.2. The lowest BCUT2D eigenvalue weighted by molar-refractivity contribution is 0.150. The Bertz CT molecular complexity index is 3110. The van der Waals surface area contributed by atoms with Gasteiger partial charge in [-0.1, -0.05) is 109 Å². The number of hydrogen-bond donors (Lipinski definition) is 0. The third-order valence-electron chi connectivity index (χ3n) is 14.1. The summed E-state index contributed by atoms with van der Waals surface area (Å²) >= 11 is 0. The van der Waals surface area contributed by atoms with Crippen molar-refractivity contribution >= 4 is 79.8 Å². The lowest BCUT2D eigenvalue weighted by Crippen LogP contribution is -2.56. The summed E-state index contributed by atoms with van der Waals surface area (Å²) in [4.78, 5) is 28.3. The SMILES string of the molecule is Cc1ccc(C2(c3ccc(C)c(OC(=O)Oc4ccccc4CCC[Si](C)(O[Si](C)(C)C)O[Si](C)(C)O[Si](C)(C)C)c3)c3ccccc3-c3ccccc32)cc1OC(=O)Oc1ccccc1CCC[Si](C)(O[Si](C)(C)C)O[Si](C)(C)O[Si](C)(C)C. The van der Waals surface area contributed by atoms with Crippen LogP contribution in [0.4, 0.5) is 9.59 Å². The molecule has 0 saturated carbocycles. The fourth-order valence-corrected chi connectivity index (χ4v) is 48.1. The number of carbonyl (C=O) groups excluding carboxylic acids is 2. The molecule has 0 aromatic heterocycles. The fraction of sp³-hybridized carbons (Fsp3) is 0.415. The van der Waals surface area contributed by atoms with Crippen LogP contribution in [0.1, 0.15) is 57.3 Å². The van der Waals surface area contributed by atoms with Gasteiger partial charge in [-0.3, -0.25) is 0 Å². The minimum absolute atomic E-state index is 0.353. The Morgan fingerprint density at radius 3 is 1.04 bits per heavy atom. The van der Waals surface area contributed by atoms with Gasteiger partial charge >= 0.3 is 46.6 Å². The van der Waals surface area contributed by atoms with Gasteiger partial charge in [0, 0.05) is 0 Å². The average Bonchev–Trinajstić information content (AvgIpc) is 1.73. The number of fused-ring (bicyclic) bond motifs is 3. The molecule has 20 heteroatoms. The molecule has 7 rings (SSSR count). The molecule has 2 unspecified atom stereocenters. The summed E-state index contributed by atoms with van der Waals surface area (Å²) in [6, 6.07) is 45.5. The molecule has 85 heavy (non-hydrogen) atoms. The van der Waals surface area contributed by atoms with Crippen molar-refractivity contribution in [1.82, 2.24) is 0 Å². The minimum Gasteiger partial charge on any atom is -0.437 e. The van der Waals surface area contributed by atoms with E-state index >= 15 is 0 Å². The van der Waals surface area contributed by atoms with E-state index in [9.17, 15) is 9.59 Å². The van der Waals surface area contributed by atoms with Gasteiger partial charge in [0.15, 0.2) is 33.3 Å². The Hall–Kier alpha value is -4.64. The van der Waals surface area contributed by atoms with Crippen LogP contribution in [0.5, 0.6) is 23.0 Å². The molecular weight excluding hydrogens is 1200 g/mol. The minimum atomic E-state index is -2.67. The second kappa shape index (κ2) is 26.6. The highest BCUT2D eigenvalue weighted by molar-refractivity contribution is 6.90. The standard InChI is InChI=1S/C65H94O12Si8/c1-49-41-43-53(47-61(49)70-63(66)68-59-39-27-21-31-51(59)33-29-45-84(19,74-80(9,10)11)76-82(15,16)72-78(3,4)5)65(57-37-25-23-35-55(57)56-36-24-26-38-58(56)65)54-44-42-50(2)62(48-54)71-64(67)69-60-40-28-22-32-52(60)34-30-46-85(20,75-81(12,13)14)77-83(17,18)73-79(6,7)8/h21-28,31-32,35-44,47-48H,29-30,33-34,45-46H2,1-20H3. The molecule has 6 aromatic carbocycles. The van der Waals surface area contributed by atoms with Gasteiger partial charge < -0.3 is 43.6 Å². The summed E-state index contributed by atoms with van der Waals surface area (Å²) in [5.41, 5.74) is 8.19. The normalized spacial score (nSPS) is 15.1. The van der Waals surface area contributed by atoms with Gasteiger partial charge in [0.25, 0.3) is 0 Å². The first-order valence-electron chi connectivity index (χ1n) is 29.9. The number of para-hydroxylation sites is 2. The lowest BCUT2D eigenvalue weighted by atomic mass is 9.67. The zero-order valence-electron chi connectivity index (χ0n) is 54.3. The van der Waals surface area contributed by atoms with Crippen LogP contribution in [0, 0.1) is 13.8 Å². The quantitative estimate of drug-likeness (QED) is 0.0291. The Morgan fingerprint density at radius 1 is 0.365 bits per heavy atom. The van der Waals surface area contributed by atoms with Crippen molar-refractivity contribution in [3.05, 3.63) is 178 Å². The Morgan fingerprint density at radius 2 is 0.682 bits per heavy atom. The molecule has 2 atom stereocenters. The van der Waals surface area contributed by atoms with Crippen LogP contribution in [0.3, 0.4) is 0 Å². The van der Waals surface area contributed by atoms with Gasteiger partial charge in [-0.15, -0.1) is 0 Å². The number of carbonyl (C=O) groups is 2. The average molecular weight is 1290 g/mol. The third-order valence-corrected chi connectivity index (χ3v) is 41.2. The summed E-state index contributed by atoms with van der Waals surface area (Å²) in [7, 11) is -18.0. The smallest absolute Gasteiger partial charge is 0.437 e. The van der Waals surface area contributed by atoms with Gasteiger partial charge in [-0.2, -0.15) is 0 Å². The Kier molecular flexibility index (Phi) is 21.2. The van der Waals surface area contributed by atoms with Crippen molar-refractivity contribution in [2.24, 2.45) is 0 Å². The highest BCUT2D eigenvalue weighted by atomic mass is 28.5. The van der Waals surface area contributed by atoms with Crippen molar-refractivity contribution in [2.75, 3.05) is 0 Å². The van der Waals surface area contributed by atoms with Crippen LogP contribution < -0.4 is 18.9 Å². The molecule has 1 aliphatic rings. The number of hydrogen-bond acceptors (Lipinski definition) is 12. The molecule has 0 aliphatic heterocycles. The largest absolute Gasteiger partial charge is 0.519 e. The molecule has 1 aliphatic carbocycles. The maximum absolute atomic E-state index is 14.1. The van der Waals surface area contributed by atoms with E-state index in [-0.39, 0.29) is 0 Å². The summed E-state index contributed by atoms with van der Waals surface area (Å²) in [5.74, 6) is 1.58. The molecular formula is C65H94O12Si8. The van der Waals surface area contributed by atoms with E-state index in [1.807, 2.05) is 111 Å². The molecule has 6 aromatic rings. The zero-order chi connectivity index (χ0) is 62.6. The summed E-state index contributed by atoms with van der Waals surface area (Å²) in [6.45, 7) is 43.1. The summed E-state index contributed by atoms with van der Waals surface area (Å²) in [5, 5.41) is 0. The molecule has 0 radical (unpaired) electrons. The van der Waals surface area contributed by atoms with E-state index in [0.717, 1.165) is 80.6 Å². The van der Waals surface area contributed by atoms with E-state index in [4.69, 9.17) is 43.6 Å². The zero-order valence-corrected chi connectivity index (χ0v) is 62.3. The van der Waals surface area contributed by atoms with E-state index in [0.29, 0.717) is 35.8 Å². The van der Waals surface area contributed by atoms with Crippen molar-refractivity contribution < 1.29 is 53.2 Å². The van der Waals surface area contributed by atoms with Gasteiger partial charge in [0.1, 0.15) is 23.0 Å². The molecule has 0 heterocycles. The molecule has 0 amide bonds. The first-order chi connectivity index (χ1) is 39.4. The number of benzene rings is 6. The van der Waals surface area contributed by atoms with Crippen LogP contribution in [-0.2, 0) is 42.9 Å². The Labute approximate surface area is 516 Å². The number of aryl methyl sites for hydroxylation is 4. The van der Waals surface area contributed by atoms with Gasteiger partial charge in [0.05, 0.1) is 5.41 Å². The molecule has 0 fully saturated rings. The predicted molar refractivity (Wildman–Crippen MR) is 364 cm³/mol. The van der Waals surface area contributed by atoms with Gasteiger partial charge in [-0.25, -0.2) is 9.59 Å². The first-order valence-corrected chi connectivity index (χ1v) is 54.3. The van der Waals surface area contributed by atoms with E-state index in [1.54, 1.807) is 0 Å². The molecule has 458 valence electrons. The summed E-state index contributed by atoms with van der Waals surface area (Å²) in [6.07, 6.45) is 1.14. The third kappa shape index (κ3) is 18.7. The van der Waals surface area contributed by atoms with Crippen LogP contribution in [0.15, 0.2) is 133 Å². The second-order valence-corrected chi connectivity index (χ2v) is 60.7. The first kappa shape index (κ1) is 67.9. The van der Waals surface area contributed by atoms with E-state index in [1.165, 1.54) is 0 Å². The highest BCUT2D eigenvalue weighted by Crippen LogP contribution is 2.57. The van der Waals surface area contributed by atoms with E-state index < -0.39 is 85.2 Å². The molecule has 0 N–H and O–H groups in total. The van der Waals surface area contributed by atoms with Gasteiger partial charge in [-0.05, 0) is 249 Å². The monoisotopic (exact) mass is 1290 g/mol. The Balaban J connectivity index is 1.13. The van der Waals surface area contributed by atoms with Crippen LogP contribution in [0.25, 0.3) is 11.1 Å². The lowest BCUT2D eigenvalue weighted by Gasteiger charge is -2.41. The highest BCUT2D eigenvalue weighted by Gasteiger charge is 2.48. The van der Waals surface area contributed by atoms with E-state index in [2.05, 4.69) is 154 Å². The molecule has 12 nitrogen and oxygen atoms in total. The van der Waals surface area contributed by atoms with Crippen LogP contribution >= 0.6 is 0 Å². The topological polar surface area (TPSA) is 126 Å². The van der Waals surface area contributed by atoms with Crippen molar-refractivity contribution in [2.45, 2.75) is 175 Å². The summed E-state index contributed by atoms with van der Waals surface area (Å²) < 4.78 is 65.6. The number of ether oxygens (including phenoxy) is 4. The van der Waals surface area contributed by atoms with Gasteiger partial charge in [0.2, 0.25) is 0 Å². The molecule has 0 bridgehead atoms. The maximum atomic E-state index is 14.1. The molecule has 0 saturated heterocycles. The maximum Gasteiger partial charge on any atom is 0.519 e. The van der Waals surface area contributed by atoms with Crippen molar-refractivity contribution in [3.63, 3.8) is 0 Å². The predicted octanol–water partition coefficient (Wildman–Crippen LogP) is 18.7. The van der Waals surface area contributed by atoms with Crippen LogP contribution in [-0.4, -0.2) is 79.8 Å². The second-order valence-electron chi connectivity index (χ2n) is 27.8. The van der Waals surface area contributed by atoms with Crippen LogP contribution in [0.2, 0.25) is 130 Å². The molecule has 0 spiro atoms. The van der Waals surface area contributed by atoms with Crippen molar-refractivity contribution in [3.8, 4) is 34.1 Å². The van der Waals surface area contributed by atoms with Crippen molar-refractivity contribution in [1.29, 1.82) is 0 Å².